The summed E-state index contributed by atoms with van der Waals surface area (Å²) in [4.78, 5) is 10.4. The number of carboxylic acid groups (broad SMARTS) is 1. The van der Waals surface area contributed by atoms with E-state index in [1.165, 1.54) is 17.1 Å². The van der Waals surface area contributed by atoms with Crippen LogP contribution in [0.5, 0.6) is 0 Å². The van der Waals surface area contributed by atoms with Crippen LogP contribution in [0.15, 0.2) is 29.0 Å². The fourth-order valence-corrected chi connectivity index (χ4v) is 0.870. The number of furan rings is 1. The molecule has 0 fully saturated rings. The lowest BCUT2D eigenvalue weighted by Gasteiger charge is -1.89. The normalized spacial score (nSPS) is 10.2. The molecule has 0 bridgehead atoms. The molecular weight excluding hydrogens is 174 g/mol. The third kappa shape index (κ3) is 1.28. The predicted molar refractivity (Wildman–Crippen MR) is 40.6 cm³/mol. The van der Waals surface area contributed by atoms with Gasteiger partial charge in [0.1, 0.15) is 0 Å². The average molecular weight is 179 g/mol. The van der Waals surface area contributed by atoms with Gasteiger partial charge in [-0.15, -0.1) is 5.10 Å². The SMILES string of the molecule is O=C(O)c1cn(-c2ccco2)nn1. The van der Waals surface area contributed by atoms with E-state index in [1.807, 2.05) is 0 Å². The summed E-state index contributed by atoms with van der Waals surface area (Å²) in [6, 6.07) is 3.33. The Balaban J connectivity index is 2.39. The van der Waals surface area contributed by atoms with E-state index >= 15 is 0 Å². The summed E-state index contributed by atoms with van der Waals surface area (Å²) >= 11 is 0. The van der Waals surface area contributed by atoms with Crippen molar-refractivity contribution in [2.45, 2.75) is 0 Å². The van der Waals surface area contributed by atoms with Crippen LogP contribution < -0.4 is 0 Å². The smallest absolute Gasteiger partial charge is 0.358 e. The Bertz CT molecular complexity index is 418. The van der Waals surface area contributed by atoms with E-state index in [0.29, 0.717) is 5.88 Å². The van der Waals surface area contributed by atoms with E-state index in [9.17, 15) is 4.79 Å². The second-order valence-corrected chi connectivity index (χ2v) is 2.30. The minimum atomic E-state index is -1.11. The van der Waals surface area contributed by atoms with Crippen LogP contribution in [-0.2, 0) is 0 Å². The number of hydrogen-bond donors (Lipinski definition) is 1. The van der Waals surface area contributed by atoms with Crippen LogP contribution in [0.1, 0.15) is 10.5 Å². The van der Waals surface area contributed by atoms with Crippen LogP contribution in [0, 0.1) is 0 Å². The Hall–Kier alpha value is -2.11. The molecular formula is C7H5N3O3. The predicted octanol–water partition coefficient (Wildman–Crippen LogP) is 0.558. The Kier molecular flexibility index (Phi) is 1.59. The van der Waals surface area contributed by atoms with Crippen LogP contribution in [0.3, 0.4) is 0 Å². The van der Waals surface area contributed by atoms with Gasteiger partial charge in [0.15, 0.2) is 5.69 Å². The number of nitrogens with zero attached hydrogens (tertiary/aromatic N) is 3. The van der Waals surface area contributed by atoms with Gasteiger partial charge in [0.05, 0.1) is 12.5 Å². The molecule has 0 atom stereocenters. The van der Waals surface area contributed by atoms with Gasteiger partial charge in [0.25, 0.3) is 0 Å². The molecule has 0 saturated carbocycles. The van der Waals surface area contributed by atoms with Gasteiger partial charge in [-0.05, 0) is 6.07 Å². The molecule has 0 aromatic carbocycles. The molecule has 2 aromatic rings. The van der Waals surface area contributed by atoms with Crippen LogP contribution >= 0.6 is 0 Å². The highest BCUT2D eigenvalue weighted by Crippen LogP contribution is 2.06. The molecule has 2 heterocycles. The minimum absolute atomic E-state index is 0.114. The van der Waals surface area contributed by atoms with E-state index in [0.717, 1.165) is 0 Å². The molecule has 6 nitrogen and oxygen atoms in total. The number of aromatic nitrogens is 3. The first kappa shape index (κ1) is 7.53. The third-order valence-electron chi connectivity index (χ3n) is 1.44. The van der Waals surface area contributed by atoms with Crippen molar-refractivity contribution in [3.05, 3.63) is 30.3 Å². The highest BCUT2D eigenvalue weighted by Gasteiger charge is 2.09. The summed E-state index contributed by atoms with van der Waals surface area (Å²) in [5.74, 6) is -0.683. The zero-order valence-corrected chi connectivity index (χ0v) is 6.41. The highest BCUT2D eigenvalue weighted by atomic mass is 16.4. The van der Waals surface area contributed by atoms with E-state index in [4.69, 9.17) is 9.52 Å². The lowest BCUT2D eigenvalue weighted by atomic mass is 10.5. The summed E-state index contributed by atoms with van der Waals surface area (Å²) in [6.45, 7) is 0. The van der Waals surface area contributed by atoms with Crippen LogP contribution in [0.4, 0.5) is 0 Å². The van der Waals surface area contributed by atoms with Crippen molar-refractivity contribution < 1.29 is 14.3 Å². The number of aromatic carboxylic acids is 1. The number of rotatable bonds is 2. The van der Waals surface area contributed by atoms with Gasteiger partial charge < -0.3 is 9.52 Å². The van der Waals surface area contributed by atoms with Crippen molar-refractivity contribution in [3.8, 4) is 5.88 Å². The number of carbonyl (C=O) groups is 1. The van der Waals surface area contributed by atoms with E-state index in [2.05, 4.69) is 10.3 Å². The summed E-state index contributed by atoms with van der Waals surface area (Å²) in [7, 11) is 0. The first-order valence-corrected chi connectivity index (χ1v) is 3.47. The maximum absolute atomic E-state index is 10.4. The molecule has 0 aliphatic heterocycles. The molecule has 0 saturated heterocycles. The maximum Gasteiger partial charge on any atom is 0.358 e. The lowest BCUT2D eigenvalue weighted by Crippen LogP contribution is -1.95. The zero-order chi connectivity index (χ0) is 9.26. The Morgan fingerprint density at radius 1 is 1.62 bits per heavy atom. The van der Waals surface area contributed by atoms with Gasteiger partial charge in [-0.3, -0.25) is 0 Å². The molecule has 13 heavy (non-hydrogen) atoms. The molecule has 0 aliphatic carbocycles. The largest absolute Gasteiger partial charge is 0.476 e. The van der Waals surface area contributed by atoms with E-state index < -0.39 is 5.97 Å². The van der Waals surface area contributed by atoms with Gasteiger partial charge in [-0.2, -0.15) is 4.68 Å². The molecule has 66 valence electrons. The summed E-state index contributed by atoms with van der Waals surface area (Å²) in [6.07, 6.45) is 2.75. The molecule has 6 heteroatoms. The van der Waals surface area contributed by atoms with Gasteiger partial charge >= 0.3 is 5.97 Å². The highest BCUT2D eigenvalue weighted by molar-refractivity contribution is 5.84. The van der Waals surface area contributed by atoms with Crippen LogP contribution in [0.25, 0.3) is 5.88 Å². The zero-order valence-electron chi connectivity index (χ0n) is 6.41. The van der Waals surface area contributed by atoms with Crippen molar-refractivity contribution in [1.82, 2.24) is 15.0 Å². The molecule has 0 aliphatic rings. The second kappa shape index (κ2) is 2.74. The van der Waals surface area contributed by atoms with E-state index in [1.54, 1.807) is 12.1 Å². The molecule has 2 aromatic heterocycles. The van der Waals surface area contributed by atoms with E-state index in [-0.39, 0.29) is 5.69 Å². The van der Waals surface area contributed by atoms with Crippen molar-refractivity contribution >= 4 is 5.97 Å². The Morgan fingerprint density at radius 2 is 2.46 bits per heavy atom. The van der Waals surface area contributed by atoms with Crippen LogP contribution in [-0.4, -0.2) is 26.1 Å². The average Bonchev–Trinajstić information content (AvgIpc) is 2.75. The van der Waals surface area contributed by atoms with Gasteiger partial charge in [0, 0.05) is 6.07 Å². The monoisotopic (exact) mass is 179 g/mol. The van der Waals surface area contributed by atoms with Crippen molar-refractivity contribution in [2.75, 3.05) is 0 Å². The fraction of sp³-hybridized carbons (Fsp3) is 0. The minimum Gasteiger partial charge on any atom is -0.476 e. The van der Waals surface area contributed by atoms with Crippen molar-refractivity contribution in [1.29, 1.82) is 0 Å². The Labute approximate surface area is 72.4 Å². The molecule has 0 unspecified atom stereocenters. The molecule has 0 amide bonds. The second-order valence-electron chi connectivity index (χ2n) is 2.30. The number of carboxylic acids is 1. The van der Waals surface area contributed by atoms with Gasteiger partial charge in [0.2, 0.25) is 5.88 Å². The van der Waals surface area contributed by atoms with Crippen molar-refractivity contribution in [2.24, 2.45) is 0 Å². The first-order valence-electron chi connectivity index (χ1n) is 3.47. The molecule has 1 N–H and O–H groups in total. The quantitative estimate of drug-likeness (QED) is 0.728. The standard InChI is InChI=1S/C7H5N3O3/c11-7(12)5-4-10(9-8-5)6-2-1-3-13-6/h1-4H,(H,11,12). The van der Waals surface area contributed by atoms with Gasteiger partial charge in [-0.1, -0.05) is 5.21 Å². The maximum atomic E-state index is 10.4. The molecule has 0 radical (unpaired) electrons. The first-order chi connectivity index (χ1) is 6.27. The van der Waals surface area contributed by atoms with Gasteiger partial charge in [-0.25, -0.2) is 4.79 Å². The summed E-state index contributed by atoms with van der Waals surface area (Å²) in [5, 5.41) is 15.5. The van der Waals surface area contributed by atoms with Crippen LogP contribution in [0.2, 0.25) is 0 Å². The van der Waals surface area contributed by atoms with Crippen molar-refractivity contribution in [3.63, 3.8) is 0 Å². The molecule has 0 spiro atoms. The fourth-order valence-electron chi connectivity index (χ4n) is 0.870. The topological polar surface area (TPSA) is 81.1 Å². The summed E-state index contributed by atoms with van der Waals surface area (Å²) < 4.78 is 6.23. The number of hydrogen-bond acceptors (Lipinski definition) is 4. The molecule has 2 rings (SSSR count). The Morgan fingerprint density at radius 3 is 3.00 bits per heavy atom. The summed E-state index contributed by atoms with van der Waals surface area (Å²) in [5.41, 5.74) is -0.114. The third-order valence-corrected chi connectivity index (χ3v) is 1.44. The lowest BCUT2D eigenvalue weighted by molar-refractivity contribution is 0.0690.